The van der Waals surface area contributed by atoms with E-state index < -0.39 is 0 Å². The molecule has 2 aromatic rings. The molecule has 2 rings (SSSR count). The molecule has 0 saturated heterocycles. The van der Waals surface area contributed by atoms with Crippen LogP contribution in [0.3, 0.4) is 0 Å². The second kappa shape index (κ2) is 6.65. The molecule has 0 bridgehead atoms. The van der Waals surface area contributed by atoms with Crippen LogP contribution < -0.4 is 11.3 Å². The number of nitrogens with two attached hydrogens (primary N) is 1. The maximum atomic E-state index is 13.2. The van der Waals surface area contributed by atoms with Gasteiger partial charge in [0.25, 0.3) is 0 Å². The molecule has 0 heterocycles. The Hall–Kier alpha value is -0.980. The second-order valence-corrected chi connectivity index (χ2v) is 6.05. The highest BCUT2D eigenvalue weighted by Crippen LogP contribution is 2.26. The topological polar surface area (TPSA) is 38.0 Å². The highest BCUT2D eigenvalue weighted by molar-refractivity contribution is 14.1. The monoisotopic (exact) mass is 384 g/mol. The van der Waals surface area contributed by atoms with Crippen molar-refractivity contribution < 1.29 is 4.39 Å². The number of rotatable bonds is 4. The van der Waals surface area contributed by atoms with Crippen LogP contribution in [0.1, 0.15) is 28.3 Å². The first-order valence-corrected chi connectivity index (χ1v) is 7.57. The normalized spacial score (nSPS) is 12.4. The van der Waals surface area contributed by atoms with Crippen molar-refractivity contribution in [2.75, 3.05) is 0 Å². The zero-order valence-electron chi connectivity index (χ0n) is 11.6. The number of halogens is 2. The third-order valence-electron chi connectivity index (χ3n) is 3.53. The van der Waals surface area contributed by atoms with Gasteiger partial charge in [-0.15, -0.1) is 0 Å². The Morgan fingerprint density at radius 2 is 1.95 bits per heavy atom. The van der Waals surface area contributed by atoms with Crippen LogP contribution >= 0.6 is 22.6 Å². The van der Waals surface area contributed by atoms with E-state index in [1.165, 1.54) is 20.8 Å². The van der Waals surface area contributed by atoms with Crippen LogP contribution in [0.5, 0.6) is 0 Å². The molecule has 0 aromatic heterocycles. The van der Waals surface area contributed by atoms with E-state index in [1.807, 2.05) is 19.1 Å². The maximum absolute atomic E-state index is 13.2. The maximum Gasteiger partial charge on any atom is 0.123 e. The Kier molecular flexibility index (Phi) is 5.12. The van der Waals surface area contributed by atoms with E-state index >= 15 is 0 Å². The number of hydrazine groups is 1. The number of aryl methyl sites for hydroxylation is 2. The van der Waals surface area contributed by atoms with Gasteiger partial charge in [-0.3, -0.25) is 11.3 Å². The number of hydrogen-bond acceptors (Lipinski definition) is 2. The van der Waals surface area contributed by atoms with E-state index in [9.17, 15) is 4.39 Å². The first-order chi connectivity index (χ1) is 9.52. The summed E-state index contributed by atoms with van der Waals surface area (Å²) in [6, 6.07) is 11.1. The molecule has 0 fully saturated rings. The molecule has 0 aliphatic heterocycles. The van der Waals surface area contributed by atoms with Gasteiger partial charge < -0.3 is 0 Å². The molecule has 0 amide bonds. The third kappa shape index (κ3) is 3.37. The first-order valence-electron chi connectivity index (χ1n) is 6.49. The van der Waals surface area contributed by atoms with Gasteiger partial charge in [0.05, 0.1) is 6.04 Å². The van der Waals surface area contributed by atoms with Gasteiger partial charge in [0.15, 0.2) is 0 Å². The fourth-order valence-corrected chi connectivity index (χ4v) is 3.04. The predicted molar refractivity (Wildman–Crippen MR) is 88.8 cm³/mol. The first kappa shape index (κ1) is 15.4. The Balaban J connectivity index is 2.31. The average Bonchev–Trinajstić information content (AvgIpc) is 2.42. The molecule has 0 aliphatic carbocycles. The number of nitrogens with one attached hydrogen (secondary N) is 1. The zero-order chi connectivity index (χ0) is 14.7. The van der Waals surface area contributed by atoms with Crippen molar-refractivity contribution in [1.82, 2.24) is 5.43 Å². The summed E-state index contributed by atoms with van der Waals surface area (Å²) in [5.74, 6) is 5.52. The standard InChI is InChI=1S/C16H18FIN2/c1-10-4-3-5-14(16(10)18)15(20-19)9-12-6-7-13(17)8-11(12)2/h3-8,15,20H,9,19H2,1-2H3. The minimum Gasteiger partial charge on any atom is -0.271 e. The van der Waals surface area contributed by atoms with Gasteiger partial charge in [-0.2, -0.15) is 0 Å². The van der Waals surface area contributed by atoms with E-state index in [0.717, 1.165) is 17.5 Å². The van der Waals surface area contributed by atoms with Crippen LogP contribution in [0, 0.1) is 23.2 Å². The summed E-state index contributed by atoms with van der Waals surface area (Å²) >= 11 is 2.34. The third-order valence-corrected chi connectivity index (χ3v) is 5.00. The van der Waals surface area contributed by atoms with E-state index in [-0.39, 0.29) is 11.9 Å². The number of hydrogen-bond donors (Lipinski definition) is 2. The van der Waals surface area contributed by atoms with Crippen LogP contribution in [0.15, 0.2) is 36.4 Å². The van der Waals surface area contributed by atoms with Gasteiger partial charge in [-0.25, -0.2) is 4.39 Å². The van der Waals surface area contributed by atoms with Gasteiger partial charge in [0, 0.05) is 3.57 Å². The number of benzene rings is 2. The van der Waals surface area contributed by atoms with Crippen LogP contribution in [0.2, 0.25) is 0 Å². The summed E-state index contributed by atoms with van der Waals surface area (Å²) in [6.45, 7) is 4.01. The van der Waals surface area contributed by atoms with Gasteiger partial charge in [0.2, 0.25) is 0 Å². The molecule has 0 radical (unpaired) electrons. The highest BCUT2D eigenvalue weighted by Gasteiger charge is 2.15. The lowest BCUT2D eigenvalue weighted by molar-refractivity contribution is 0.547. The van der Waals surface area contributed by atoms with Crippen molar-refractivity contribution in [3.63, 3.8) is 0 Å². The Morgan fingerprint density at radius 3 is 2.60 bits per heavy atom. The minimum absolute atomic E-state index is 0.0194. The molecule has 20 heavy (non-hydrogen) atoms. The average molecular weight is 384 g/mol. The largest absolute Gasteiger partial charge is 0.271 e. The fourth-order valence-electron chi connectivity index (χ4n) is 2.31. The van der Waals surface area contributed by atoms with Crippen molar-refractivity contribution in [2.45, 2.75) is 26.3 Å². The molecule has 2 aromatic carbocycles. The van der Waals surface area contributed by atoms with Crippen LogP contribution in [0.25, 0.3) is 0 Å². The quantitative estimate of drug-likeness (QED) is 0.478. The smallest absolute Gasteiger partial charge is 0.123 e. The molecule has 1 atom stereocenters. The summed E-state index contributed by atoms with van der Waals surface area (Å²) in [6.07, 6.45) is 0.738. The molecule has 1 unspecified atom stereocenters. The van der Waals surface area contributed by atoms with Crippen molar-refractivity contribution in [1.29, 1.82) is 0 Å². The van der Waals surface area contributed by atoms with Gasteiger partial charge >= 0.3 is 0 Å². The molecule has 0 saturated carbocycles. The Labute approximate surface area is 132 Å². The minimum atomic E-state index is -0.200. The Morgan fingerprint density at radius 1 is 1.20 bits per heavy atom. The summed E-state index contributed by atoms with van der Waals surface area (Å²) in [4.78, 5) is 0. The highest BCUT2D eigenvalue weighted by atomic mass is 127. The van der Waals surface area contributed by atoms with Crippen molar-refractivity contribution >= 4 is 22.6 Å². The lowest BCUT2D eigenvalue weighted by atomic mass is 9.95. The van der Waals surface area contributed by atoms with E-state index in [4.69, 9.17) is 5.84 Å². The Bertz CT molecular complexity index is 613. The lowest BCUT2D eigenvalue weighted by Crippen LogP contribution is -2.30. The van der Waals surface area contributed by atoms with Gasteiger partial charge in [-0.1, -0.05) is 24.3 Å². The summed E-state index contributed by atoms with van der Waals surface area (Å²) in [5.41, 5.74) is 7.35. The van der Waals surface area contributed by atoms with Crippen molar-refractivity contribution in [3.8, 4) is 0 Å². The summed E-state index contributed by atoms with van der Waals surface area (Å²) < 4.78 is 14.4. The van der Waals surface area contributed by atoms with Gasteiger partial charge in [-0.05, 0) is 77.2 Å². The van der Waals surface area contributed by atoms with E-state index in [1.54, 1.807) is 6.07 Å². The second-order valence-electron chi connectivity index (χ2n) is 4.97. The molecule has 0 spiro atoms. The van der Waals surface area contributed by atoms with Crippen molar-refractivity contribution in [2.24, 2.45) is 5.84 Å². The predicted octanol–water partition coefficient (Wildman–Crippen LogP) is 3.79. The molecule has 0 aliphatic rings. The molecule has 4 heteroatoms. The summed E-state index contributed by atoms with van der Waals surface area (Å²) in [5, 5.41) is 0. The SMILES string of the molecule is Cc1cc(F)ccc1CC(NN)c1cccc(C)c1I. The molecule has 3 N–H and O–H groups in total. The fraction of sp³-hybridized carbons (Fsp3) is 0.250. The van der Waals surface area contributed by atoms with Crippen molar-refractivity contribution in [3.05, 3.63) is 68.0 Å². The molecular formula is C16H18FIN2. The van der Waals surface area contributed by atoms with Crippen LogP contribution in [-0.4, -0.2) is 0 Å². The molecule has 106 valence electrons. The molecule has 2 nitrogen and oxygen atoms in total. The van der Waals surface area contributed by atoms with Crippen LogP contribution in [-0.2, 0) is 6.42 Å². The summed E-state index contributed by atoms with van der Waals surface area (Å²) in [7, 11) is 0. The van der Waals surface area contributed by atoms with E-state index in [0.29, 0.717) is 0 Å². The van der Waals surface area contributed by atoms with Crippen LogP contribution in [0.4, 0.5) is 4.39 Å². The molecular weight excluding hydrogens is 366 g/mol. The lowest BCUT2D eigenvalue weighted by Gasteiger charge is -2.20. The van der Waals surface area contributed by atoms with Gasteiger partial charge in [0.1, 0.15) is 5.82 Å². The zero-order valence-corrected chi connectivity index (χ0v) is 13.7. The van der Waals surface area contributed by atoms with E-state index in [2.05, 4.69) is 47.1 Å².